The van der Waals surface area contributed by atoms with Crippen molar-refractivity contribution in [2.24, 2.45) is 5.92 Å². The van der Waals surface area contributed by atoms with E-state index in [1.807, 2.05) is 11.8 Å². The first-order valence-corrected chi connectivity index (χ1v) is 10.4. The van der Waals surface area contributed by atoms with E-state index in [4.69, 9.17) is 0 Å². The van der Waals surface area contributed by atoms with E-state index in [0.29, 0.717) is 18.2 Å². The van der Waals surface area contributed by atoms with Gasteiger partial charge in [-0.2, -0.15) is 11.8 Å². The van der Waals surface area contributed by atoms with E-state index in [1.165, 1.54) is 17.9 Å². The average molecular weight is 348 g/mol. The van der Waals surface area contributed by atoms with Gasteiger partial charge in [-0.25, -0.2) is 0 Å². The third kappa shape index (κ3) is 4.67. The van der Waals surface area contributed by atoms with Crippen LogP contribution in [0.15, 0.2) is 30.3 Å². The third-order valence-corrected chi connectivity index (χ3v) is 5.98. The summed E-state index contributed by atoms with van der Waals surface area (Å²) >= 11 is 1.90. The summed E-state index contributed by atoms with van der Waals surface area (Å²) in [5.74, 6) is 2.24. The van der Waals surface area contributed by atoms with Crippen molar-refractivity contribution < 1.29 is 4.79 Å². The van der Waals surface area contributed by atoms with Crippen molar-refractivity contribution in [1.82, 2.24) is 9.80 Å². The number of para-hydroxylation sites is 1. The maximum Gasteiger partial charge on any atom is 0.223 e. The zero-order valence-corrected chi connectivity index (χ0v) is 15.5. The van der Waals surface area contributed by atoms with E-state index in [2.05, 4.69) is 51.3 Å². The quantitative estimate of drug-likeness (QED) is 0.790. The molecule has 2 aliphatic heterocycles. The molecule has 0 aliphatic carbocycles. The van der Waals surface area contributed by atoms with Gasteiger partial charge in [-0.3, -0.25) is 9.69 Å². The molecule has 5 heteroatoms. The van der Waals surface area contributed by atoms with Crippen LogP contribution in [-0.2, 0) is 4.79 Å². The van der Waals surface area contributed by atoms with Crippen molar-refractivity contribution >= 4 is 23.4 Å². The first-order chi connectivity index (χ1) is 11.8. The molecule has 0 N–H and O–H groups in total. The lowest BCUT2D eigenvalue weighted by molar-refractivity contribution is -0.130. The molecule has 2 fully saturated rings. The highest BCUT2D eigenvalue weighted by atomic mass is 32.2. The molecule has 2 heterocycles. The van der Waals surface area contributed by atoms with Crippen LogP contribution in [0.1, 0.15) is 12.8 Å². The second-order valence-corrected chi connectivity index (χ2v) is 7.77. The van der Waals surface area contributed by atoms with Crippen LogP contribution in [-0.4, -0.2) is 73.5 Å². The molecule has 0 bridgehead atoms. The van der Waals surface area contributed by atoms with Crippen molar-refractivity contribution in [2.45, 2.75) is 12.8 Å². The van der Waals surface area contributed by atoms with Gasteiger partial charge in [-0.05, 0) is 36.5 Å². The summed E-state index contributed by atoms with van der Waals surface area (Å²) in [5.41, 5.74) is 1.31. The van der Waals surface area contributed by atoms with E-state index in [0.717, 1.165) is 45.8 Å². The normalized spacial score (nSPS) is 22.1. The highest BCUT2D eigenvalue weighted by molar-refractivity contribution is 7.98. The van der Waals surface area contributed by atoms with Gasteiger partial charge in [0.25, 0.3) is 0 Å². The van der Waals surface area contributed by atoms with Crippen LogP contribution in [0.3, 0.4) is 0 Å². The molecule has 0 saturated carbocycles. The van der Waals surface area contributed by atoms with Crippen LogP contribution >= 0.6 is 11.8 Å². The maximum absolute atomic E-state index is 12.4. The number of anilines is 1. The molecule has 0 radical (unpaired) electrons. The zero-order chi connectivity index (χ0) is 16.8. The van der Waals surface area contributed by atoms with Gasteiger partial charge in [0, 0.05) is 57.9 Å². The van der Waals surface area contributed by atoms with Crippen molar-refractivity contribution in [3.8, 4) is 0 Å². The van der Waals surface area contributed by atoms with E-state index in [9.17, 15) is 4.79 Å². The summed E-state index contributed by atoms with van der Waals surface area (Å²) in [7, 11) is 0. The number of rotatable bonds is 6. The fourth-order valence-electron chi connectivity index (χ4n) is 3.71. The number of carbonyl (C=O) groups excluding carboxylic acids is 1. The molecule has 2 saturated heterocycles. The van der Waals surface area contributed by atoms with Crippen LogP contribution < -0.4 is 4.90 Å². The lowest BCUT2D eigenvalue weighted by Crippen LogP contribution is -2.47. The number of likely N-dealkylation sites (tertiary alicyclic amines) is 1. The van der Waals surface area contributed by atoms with Gasteiger partial charge in [0.15, 0.2) is 0 Å². The molecule has 132 valence electrons. The number of nitrogens with zero attached hydrogens (tertiary/aromatic N) is 3. The van der Waals surface area contributed by atoms with E-state index >= 15 is 0 Å². The minimum atomic E-state index is 0.351. The fraction of sp³-hybridized carbons (Fsp3) is 0.632. The SMILES string of the molecule is CSCC1CCN(C(=O)CCN2CCN(c3ccccc3)CC2)C1. The Balaban J connectivity index is 1.37. The molecule has 1 aromatic carbocycles. The van der Waals surface area contributed by atoms with Crippen molar-refractivity contribution in [2.75, 3.05) is 62.7 Å². The molecule has 1 unspecified atom stereocenters. The third-order valence-electron chi connectivity index (χ3n) is 5.18. The van der Waals surface area contributed by atoms with Gasteiger partial charge in [0.05, 0.1) is 0 Å². The van der Waals surface area contributed by atoms with Gasteiger partial charge in [-0.15, -0.1) is 0 Å². The highest BCUT2D eigenvalue weighted by Crippen LogP contribution is 2.20. The molecule has 0 spiro atoms. The lowest BCUT2D eigenvalue weighted by atomic mass is 10.2. The fourth-order valence-corrected chi connectivity index (χ4v) is 4.45. The molecule has 3 rings (SSSR count). The standard InChI is InChI=1S/C19H29N3OS/c1-24-16-17-7-10-22(15-17)19(23)8-9-20-11-13-21(14-12-20)18-5-3-2-4-6-18/h2-6,17H,7-16H2,1H3. The smallest absolute Gasteiger partial charge is 0.223 e. The van der Waals surface area contributed by atoms with E-state index < -0.39 is 0 Å². The summed E-state index contributed by atoms with van der Waals surface area (Å²) in [4.78, 5) is 19.4. The van der Waals surface area contributed by atoms with Crippen LogP contribution in [0.25, 0.3) is 0 Å². The predicted octanol–water partition coefficient (Wildman–Crippen LogP) is 2.41. The molecule has 4 nitrogen and oxygen atoms in total. The summed E-state index contributed by atoms with van der Waals surface area (Å²) in [6, 6.07) is 10.6. The maximum atomic E-state index is 12.4. The van der Waals surface area contributed by atoms with Crippen LogP contribution in [0, 0.1) is 5.92 Å². The Morgan fingerprint density at radius 1 is 1.12 bits per heavy atom. The minimum Gasteiger partial charge on any atom is -0.369 e. The first kappa shape index (κ1) is 17.6. The zero-order valence-electron chi connectivity index (χ0n) is 14.7. The molecule has 24 heavy (non-hydrogen) atoms. The Bertz CT molecular complexity index is 517. The summed E-state index contributed by atoms with van der Waals surface area (Å²) in [6.45, 7) is 7.06. The average Bonchev–Trinajstić information content (AvgIpc) is 3.10. The second kappa shape index (κ2) is 8.77. The van der Waals surface area contributed by atoms with Crippen LogP contribution in [0.2, 0.25) is 0 Å². The number of amides is 1. The number of carbonyl (C=O) groups is 1. The predicted molar refractivity (Wildman–Crippen MR) is 103 cm³/mol. The van der Waals surface area contributed by atoms with E-state index in [-0.39, 0.29) is 0 Å². The molecular formula is C19H29N3OS. The Kier molecular flexibility index (Phi) is 6.44. The summed E-state index contributed by atoms with van der Waals surface area (Å²) < 4.78 is 0. The first-order valence-electron chi connectivity index (χ1n) is 9.05. The number of hydrogen-bond donors (Lipinski definition) is 0. The minimum absolute atomic E-state index is 0.351. The Hall–Kier alpha value is -1.20. The van der Waals surface area contributed by atoms with Crippen molar-refractivity contribution in [3.05, 3.63) is 30.3 Å². The van der Waals surface area contributed by atoms with Gasteiger partial charge >= 0.3 is 0 Å². The molecule has 1 amide bonds. The van der Waals surface area contributed by atoms with Gasteiger partial charge in [0.2, 0.25) is 5.91 Å². The van der Waals surface area contributed by atoms with Gasteiger partial charge < -0.3 is 9.80 Å². The molecule has 1 atom stereocenters. The molecule has 2 aliphatic rings. The molecule has 1 aromatic rings. The molecular weight excluding hydrogens is 318 g/mol. The Morgan fingerprint density at radius 3 is 2.58 bits per heavy atom. The van der Waals surface area contributed by atoms with Crippen molar-refractivity contribution in [1.29, 1.82) is 0 Å². The second-order valence-electron chi connectivity index (χ2n) is 6.86. The van der Waals surface area contributed by atoms with Gasteiger partial charge in [0.1, 0.15) is 0 Å². The van der Waals surface area contributed by atoms with Crippen LogP contribution in [0.4, 0.5) is 5.69 Å². The van der Waals surface area contributed by atoms with Crippen LogP contribution in [0.5, 0.6) is 0 Å². The number of benzene rings is 1. The Morgan fingerprint density at radius 2 is 1.88 bits per heavy atom. The largest absolute Gasteiger partial charge is 0.369 e. The number of piperazine rings is 1. The van der Waals surface area contributed by atoms with E-state index in [1.54, 1.807) is 0 Å². The monoisotopic (exact) mass is 347 g/mol. The summed E-state index contributed by atoms with van der Waals surface area (Å²) in [6.07, 6.45) is 4.01. The highest BCUT2D eigenvalue weighted by Gasteiger charge is 2.26. The lowest BCUT2D eigenvalue weighted by Gasteiger charge is -2.36. The number of thioether (sulfide) groups is 1. The van der Waals surface area contributed by atoms with Crippen molar-refractivity contribution in [3.63, 3.8) is 0 Å². The van der Waals surface area contributed by atoms with Gasteiger partial charge in [-0.1, -0.05) is 18.2 Å². The Labute approximate surface area is 150 Å². The topological polar surface area (TPSA) is 26.8 Å². The number of hydrogen-bond acceptors (Lipinski definition) is 4. The molecule has 0 aromatic heterocycles. The summed E-state index contributed by atoms with van der Waals surface area (Å²) in [5, 5.41) is 0.